The van der Waals surface area contributed by atoms with E-state index >= 15 is 0 Å². The number of nitrogens with zero attached hydrogens (tertiary/aromatic N) is 3. The summed E-state index contributed by atoms with van der Waals surface area (Å²) in [6.07, 6.45) is 1.94. The maximum atomic E-state index is 11.0. The van der Waals surface area contributed by atoms with Crippen LogP contribution < -0.4 is 4.90 Å². The Balaban J connectivity index is 1.42. The van der Waals surface area contributed by atoms with Gasteiger partial charge in [0.05, 0.1) is 11.4 Å². The van der Waals surface area contributed by atoms with Crippen LogP contribution in [0.2, 0.25) is 0 Å². The van der Waals surface area contributed by atoms with Crippen molar-refractivity contribution in [2.75, 3.05) is 4.90 Å². The number of para-hydroxylation sites is 2. The van der Waals surface area contributed by atoms with Crippen LogP contribution in [0.1, 0.15) is 52.7 Å². The van der Waals surface area contributed by atoms with Gasteiger partial charge in [-0.05, 0) is 93.1 Å². The Labute approximate surface area is 295 Å². The Morgan fingerprint density at radius 3 is 1.80 bits per heavy atom. The van der Waals surface area contributed by atoms with Gasteiger partial charge in [-0.15, -0.1) is 0 Å². The maximum Gasteiger partial charge on any atom is 0.138 e. The summed E-state index contributed by atoms with van der Waals surface area (Å²) in [5, 5.41) is 13.2. The number of fused-ring (bicyclic) bond motifs is 1. The van der Waals surface area contributed by atoms with Crippen LogP contribution in [0.4, 0.5) is 17.2 Å². The largest absolute Gasteiger partial charge is 0.507 e. The summed E-state index contributed by atoms with van der Waals surface area (Å²) < 4.78 is 0. The van der Waals surface area contributed by atoms with Crippen LogP contribution >= 0.6 is 0 Å². The van der Waals surface area contributed by atoms with Gasteiger partial charge in [0.1, 0.15) is 11.6 Å². The molecular weight excluding hydrogens is 611 g/mol. The number of hydrogen-bond donors (Lipinski definition) is 1. The van der Waals surface area contributed by atoms with Crippen molar-refractivity contribution >= 4 is 28.0 Å². The van der Waals surface area contributed by atoms with Crippen molar-refractivity contribution in [1.29, 1.82) is 0 Å². The van der Waals surface area contributed by atoms with E-state index in [9.17, 15) is 5.11 Å². The maximum absolute atomic E-state index is 11.0. The minimum atomic E-state index is -0.0293. The summed E-state index contributed by atoms with van der Waals surface area (Å²) >= 11 is 0. The van der Waals surface area contributed by atoms with Gasteiger partial charge in [-0.2, -0.15) is 0 Å². The SMILES string of the molecule is CC(C)(C)c1cc(-c2cc(-c3cccc(N(c4ccccc4)c4cc5ccccc5cn4)c3)nc(-c3ccccc3O)c2)cc(C(C)(C)C)c1. The molecule has 0 amide bonds. The van der Waals surface area contributed by atoms with Crippen LogP contribution in [-0.4, -0.2) is 15.1 Å². The molecule has 2 aromatic heterocycles. The van der Waals surface area contributed by atoms with Crippen molar-refractivity contribution in [2.24, 2.45) is 0 Å². The summed E-state index contributed by atoms with van der Waals surface area (Å²) in [6, 6.07) is 47.9. The molecule has 4 heteroatoms. The number of phenols is 1. The lowest BCUT2D eigenvalue weighted by Crippen LogP contribution is -2.16. The Morgan fingerprint density at radius 1 is 0.500 bits per heavy atom. The van der Waals surface area contributed by atoms with Gasteiger partial charge in [0.15, 0.2) is 0 Å². The molecule has 0 atom stereocenters. The molecule has 50 heavy (non-hydrogen) atoms. The highest BCUT2D eigenvalue weighted by molar-refractivity contribution is 5.88. The average Bonchev–Trinajstić information content (AvgIpc) is 3.11. The molecule has 0 bridgehead atoms. The molecule has 7 rings (SSSR count). The van der Waals surface area contributed by atoms with E-state index in [4.69, 9.17) is 9.97 Å². The second-order valence-electron chi connectivity index (χ2n) is 15.1. The number of aromatic hydroxyl groups is 1. The highest BCUT2D eigenvalue weighted by Crippen LogP contribution is 2.40. The van der Waals surface area contributed by atoms with Gasteiger partial charge in [-0.25, -0.2) is 9.97 Å². The first-order valence-electron chi connectivity index (χ1n) is 17.2. The number of anilines is 3. The zero-order valence-electron chi connectivity index (χ0n) is 29.6. The molecular formula is C46H43N3O. The second-order valence-corrected chi connectivity index (χ2v) is 15.1. The zero-order valence-corrected chi connectivity index (χ0v) is 29.6. The molecule has 7 aromatic rings. The van der Waals surface area contributed by atoms with Gasteiger partial charge >= 0.3 is 0 Å². The average molecular weight is 654 g/mol. The first kappa shape index (κ1) is 32.8. The second kappa shape index (κ2) is 12.9. The third-order valence-electron chi connectivity index (χ3n) is 9.26. The fraction of sp³-hybridized carbons (Fsp3) is 0.174. The lowest BCUT2D eigenvalue weighted by atomic mass is 9.79. The third-order valence-corrected chi connectivity index (χ3v) is 9.26. The van der Waals surface area contributed by atoms with E-state index in [2.05, 4.69) is 150 Å². The van der Waals surface area contributed by atoms with Crippen molar-refractivity contribution in [3.63, 3.8) is 0 Å². The Hall–Kier alpha value is -5.74. The first-order chi connectivity index (χ1) is 23.9. The van der Waals surface area contributed by atoms with E-state index in [-0.39, 0.29) is 16.6 Å². The quantitative estimate of drug-likeness (QED) is 0.194. The standard InChI is InChI=1S/C46H43N3O/c1-45(2,3)36-23-34(24-37(29-36)46(4,5)6)35-26-41(48-42(27-35)40-21-12-13-22-43(40)50)32-17-14-20-39(25-32)49(38-18-8-7-9-19-38)44-28-31-15-10-11-16-33(31)30-47-44/h7-30,50H,1-6H3. The number of aromatic nitrogens is 2. The monoisotopic (exact) mass is 653 g/mol. The molecule has 0 fully saturated rings. The molecule has 0 saturated carbocycles. The molecule has 1 N–H and O–H groups in total. The molecule has 0 unspecified atom stereocenters. The Morgan fingerprint density at radius 2 is 1.10 bits per heavy atom. The summed E-state index contributed by atoms with van der Waals surface area (Å²) in [4.78, 5) is 12.3. The predicted molar refractivity (Wildman–Crippen MR) is 210 cm³/mol. The van der Waals surface area contributed by atoms with Crippen molar-refractivity contribution < 1.29 is 5.11 Å². The molecule has 0 spiro atoms. The van der Waals surface area contributed by atoms with Gasteiger partial charge < -0.3 is 5.11 Å². The zero-order chi connectivity index (χ0) is 35.0. The number of hydrogen-bond acceptors (Lipinski definition) is 4. The van der Waals surface area contributed by atoms with Crippen LogP contribution in [0.5, 0.6) is 5.75 Å². The van der Waals surface area contributed by atoms with Gasteiger partial charge in [0.2, 0.25) is 0 Å². The van der Waals surface area contributed by atoms with Crippen LogP contribution in [0, 0.1) is 0 Å². The normalized spacial score (nSPS) is 11.9. The molecule has 0 aliphatic heterocycles. The molecule has 0 aliphatic rings. The van der Waals surface area contributed by atoms with Gasteiger partial charge in [0.25, 0.3) is 0 Å². The molecule has 5 aromatic carbocycles. The molecule has 0 aliphatic carbocycles. The molecule has 0 radical (unpaired) electrons. The Kier molecular flexibility index (Phi) is 8.49. The number of pyridine rings is 2. The van der Waals surface area contributed by atoms with E-state index in [1.807, 2.05) is 36.5 Å². The van der Waals surface area contributed by atoms with Gasteiger partial charge in [-0.3, -0.25) is 4.90 Å². The van der Waals surface area contributed by atoms with E-state index in [0.717, 1.165) is 56.0 Å². The third kappa shape index (κ3) is 6.75. The highest BCUT2D eigenvalue weighted by atomic mass is 16.3. The number of rotatable bonds is 6. The number of benzene rings is 5. The van der Waals surface area contributed by atoms with Crippen molar-refractivity contribution in [3.05, 3.63) is 157 Å². The lowest BCUT2D eigenvalue weighted by molar-refractivity contribution is 0.477. The molecule has 248 valence electrons. The molecule has 0 saturated heterocycles. The topological polar surface area (TPSA) is 49.2 Å². The van der Waals surface area contributed by atoms with Crippen LogP contribution in [-0.2, 0) is 10.8 Å². The van der Waals surface area contributed by atoms with E-state index in [1.54, 1.807) is 6.07 Å². The van der Waals surface area contributed by atoms with E-state index in [1.165, 1.54) is 11.1 Å². The van der Waals surface area contributed by atoms with E-state index in [0.29, 0.717) is 5.56 Å². The summed E-state index contributed by atoms with van der Waals surface area (Å²) in [5.74, 6) is 1.03. The number of phenolic OH excluding ortho intramolecular Hbond substituents is 1. The van der Waals surface area contributed by atoms with Gasteiger partial charge in [0, 0.05) is 34.1 Å². The van der Waals surface area contributed by atoms with Crippen LogP contribution in [0.15, 0.2) is 146 Å². The molecule has 4 nitrogen and oxygen atoms in total. The fourth-order valence-electron chi connectivity index (χ4n) is 6.32. The summed E-state index contributed by atoms with van der Waals surface area (Å²) in [7, 11) is 0. The van der Waals surface area contributed by atoms with E-state index < -0.39 is 0 Å². The van der Waals surface area contributed by atoms with Crippen molar-refractivity contribution in [1.82, 2.24) is 9.97 Å². The van der Waals surface area contributed by atoms with Crippen LogP contribution in [0.3, 0.4) is 0 Å². The smallest absolute Gasteiger partial charge is 0.138 e. The first-order valence-corrected chi connectivity index (χ1v) is 17.2. The highest BCUT2D eigenvalue weighted by Gasteiger charge is 2.22. The molecule has 2 heterocycles. The minimum absolute atomic E-state index is 0.0293. The van der Waals surface area contributed by atoms with Crippen LogP contribution in [0.25, 0.3) is 44.4 Å². The summed E-state index contributed by atoms with van der Waals surface area (Å²) in [6.45, 7) is 13.6. The minimum Gasteiger partial charge on any atom is -0.507 e. The van der Waals surface area contributed by atoms with Crippen molar-refractivity contribution in [2.45, 2.75) is 52.4 Å². The lowest BCUT2D eigenvalue weighted by Gasteiger charge is -2.26. The predicted octanol–water partition coefficient (Wildman–Crippen LogP) is 12.4. The van der Waals surface area contributed by atoms with Crippen molar-refractivity contribution in [3.8, 4) is 39.4 Å². The fourth-order valence-corrected chi connectivity index (χ4v) is 6.32. The summed E-state index contributed by atoms with van der Waals surface area (Å²) in [5.41, 5.74) is 9.86. The Bertz CT molecular complexity index is 2280. The van der Waals surface area contributed by atoms with Gasteiger partial charge in [-0.1, -0.05) is 126 Å².